The Morgan fingerprint density at radius 2 is 1.79 bits per heavy atom. The van der Waals surface area contributed by atoms with Gasteiger partial charge in [-0.15, -0.1) is 0 Å². The predicted octanol–water partition coefficient (Wildman–Crippen LogP) is 3.01. The van der Waals surface area contributed by atoms with Crippen LogP contribution >= 0.6 is 0 Å². The Morgan fingerprint density at radius 1 is 1.08 bits per heavy atom. The number of amides is 1. The van der Waals surface area contributed by atoms with E-state index < -0.39 is 6.10 Å². The van der Waals surface area contributed by atoms with Gasteiger partial charge in [-0.1, -0.05) is 12.1 Å². The average molecular weight is 535 g/mol. The van der Waals surface area contributed by atoms with Crippen molar-refractivity contribution in [2.75, 3.05) is 46.9 Å². The quantitative estimate of drug-likeness (QED) is 0.368. The molecule has 3 aromatic rings. The summed E-state index contributed by atoms with van der Waals surface area (Å²) in [5.41, 5.74) is 2.48. The number of benzene rings is 2. The molecule has 0 saturated carbocycles. The third-order valence-electron chi connectivity index (χ3n) is 8.61. The van der Waals surface area contributed by atoms with E-state index in [-0.39, 0.29) is 23.8 Å². The fraction of sp³-hybridized carbons (Fsp3) is 0.467. The van der Waals surface area contributed by atoms with Gasteiger partial charge >= 0.3 is 0 Å². The average Bonchev–Trinajstić information content (AvgIpc) is 2.95. The van der Waals surface area contributed by atoms with Crippen molar-refractivity contribution in [1.29, 1.82) is 0 Å². The number of hydrogen-bond donors (Lipinski definition) is 4. The number of carbonyl (C=O) groups excluding carboxylic acids is 1. The molecule has 2 fully saturated rings. The second-order valence-corrected chi connectivity index (χ2v) is 11.1. The first-order valence-corrected chi connectivity index (χ1v) is 13.7. The molecular weight excluding hydrogens is 496 g/mol. The molecule has 1 aromatic heterocycles. The van der Waals surface area contributed by atoms with Crippen molar-refractivity contribution < 1.29 is 19.7 Å². The van der Waals surface area contributed by atoms with Crippen LogP contribution in [0.15, 0.2) is 47.3 Å². The largest absolute Gasteiger partial charge is 0.506 e. The molecule has 1 spiro atoms. The van der Waals surface area contributed by atoms with E-state index in [1.807, 2.05) is 17.0 Å². The fourth-order valence-corrected chi connectivity index (χ4v) is 5.99. The molecule has 0 radical (unpaired) electrons. The SMILES string of the molecule is COc1cc(C(=O)N2CCC3(CCN(C)CC3)CC2)ccc1CNC[C@H](O)c1ccc(O)c2[nH]c(=O)ccc12. The minimum atomic E-state index is -0.863. The van der Waals surface area contributed by atoms with Crippen LogP contribution in [-0.4, -0.2) is 77.8 Å². The van der Waals surface area contributed by atoms with Crippen molar-refractivity contribution in [3.63, 3.8) is 0 Å². The summed E-state index contributed by atoms with van der Waals surface area (Å²) in [4.78, 5) is 31.9. The molecule has 9 heteroatoms. The monoisotopic (exact) mass is 534 g/mol. The zero-order valence-corrected chi connectivity index (χ0v) is 22.7. The summed E-state index contributed by atoms with van der Waals surface area (Å²) in [6.07, 6.45) is 3.72. The predicted molar refractivity (Wildman–Crippen MR) is 150 cm³/mol. The zero-order chi connectivity index (χ0) is 27.6. The molecule has 2 saturated heterocycles. The molecule has 2 aromatic carbocycles. The van der Waals surface area contributed by atoms with Gasteiger partial charge in [0.15, 0.2) is 0 Å². The molecule has 0 bridgehead atoms. The molecule has 2 aliphatic heterocycles. The van der Waals surface area contributed by atoms with E-state index in [2.05, 4.69) is 22.2 Å². The number of aromatic amines is 1. The number of aliphatic hydroxyl groups is 1. The minimum absolute atomic E-state index is 0.0446. The van der Waals surface area contributed by atoms with Gasteiger partial charge in [-0.3, -0.25) is 9.59 Å². The number of phenolic OH excluding ortho intramolecular Hbond substituents is 1. The van der Waals surface area contributed by atoms with Crippen molar-refractivity contribution in [1.82, 2.24) is 20.1 Å². The normalized spacial score (nSPS) is 18.4. The number of nitrogens with zero attached hydrogens (tertiary/aromatic N) is 2. The van der Waals surface area contributed by atoms with Crippen LogP contribution in [0.2, 0.25) is 0 Å². The van der Waals surface area contributed by atoms with Gasteiger partial charge in [-0.2, -0.15) is 0 Å². The van der Waals surface area contributed by atoms with Crippen LogP contribution in [0.3, 0.4) is 0 Å². The highest BCUT2D eigenvalue weighted by atomic mass is 16.5. The van der Waals surface area contributed by atoms with Crippen LogP contribution in [0.25, 0.3) is 10.9 Å². The highest BCUT2D eigenvalue weighted by Gasteiger charge is 2.38. The minimum Gasteiger partial charge on any atom is -0.506 e. The Balaban J connectivity index is 1.19. The van der Waals surface area contributed by atoms with Crippen molar-refractivity contribution in [2.45, 2.75) is 38.3 Å². The highest BCUT2D eigenvalue weighted by Crippen LogP contribution is 2.41. The molecule has 0 unspecified atom stereocenters. The first kappa shape index (κ1) is 27.2. The number of H-pyrrole nitrogens is 1. The van der Waals surface area contributed by atoms with Gasteiger partial charge in [-0.05, 0) is 81.1 Å². The Labute approximate surface area is 228 Å². The van der Waals surface area contributed by atoms with Gasteiger partial charge in [0.1, 0.15) is 11.5 Å². The molecule has 2 aliphatic rings. The lowest BCUT2D eigenvalue weighted by atomic mass is 9.71. The molecule has 39 heavy (non-hydrogen) atoms. The van der Waals surface area contributed by atoms with Crippen LogP contribution in [0.5, 0.6) is 11.5 Å². The topological polar surface area (TPSA) is 118 Å². The number of phenols is 1. The van der Waals surface area contributed by atoms with Crippen molar-refractivity contribution in [3.05, 3.63) is 69.5 Å². The van der Waals surface area contributed by atoms with E-state index in [1.54, 1.807) is 25.3 Å². The fourth-order valence-electron chi connectivity index (χ4n) is 5.99. The van der Waals surface area contributed by atoms with Crippen LogP contribution in [-0.2, 0) is 6.54 Å². The number of methoxy groups -OCH3 is 1. The molecule has 4 N–H and O–H groups in total. The molecule has 9 nitrogen and oxygen atoms in total. The summed E-state index contributed by atoms with van der Waals surface area (Å²) in [5, 5.41) is 24.8. The molecule has 1 atom stereocenters. The summed E-state index contributed by atoms with van der Waals surface area (Å²) in [6.45, 7) is 4.56. The molecule has 208 valence electrons. The summed E-state index contributed by atoms with van der Waals surface area (Å²) in [6, 6.07) is 11.6. The van der Waals surface area contributed by atoms with Gasteiger partial charge in [0, 0.05) is 48.8 Å². The van der Waals surface area contributed by atoms with Crippen LogP contribution in [0.4, 0.5) is 0 Å². The lowest BCUT2D eigenvalue weighted by Gasteiger charge is -2.46. The summed E-state index contributed by atoms with van der Waals surface area (Å²) in [7, 11) is 3.78. The van der Waals surface area contributed by atoms with Gasteiger partial charge < -0.3 is 35.1 Å². The van der Waals surface area contributed by atoms with E-state index in [0.29, 0.717) is 39.7 Å². The second kappa shape index (κ2) is 11.4. The Morgan fingerprint density at radius 3 is 2.51 bits per heavy atom. The van der Waals surface area contributed by atoms with E-state index in [4.69, 9.17) is 4.74 Å². The van der Waals surface area contributed by atoms with Gasteiger partial charge in [0.2, 0.25) is 5.56 Å². The van der Waals surface area contributed by atoms with Crippen LogP contribution in [0.1, 0.15) is 53.3 Å². The number of aliphatic hydroxyl groups excluding tert-OH is 1. The third-order valence-corrected chi connectivity index (χ3v) is 8.61. The maximum absolute atomic E-state index is 13.3. The second-order valence-electron chi connectivity index (χ2n) is 11.1. The number of nitrogens with one attached hydrogen (secondary N) is 2. The maximum Gasteiger partial charge on any atom is 0.253 e. The highest BCUT2D eigenvalue weighted by molar-refractivity contribution is 5.95. The summed E-state index contributed by atoms with van der Waals surface area (Å²) >= 11 is 0. The Hall–Kier alpha value is -3.40. The van der Waals surface area contributed by atoms with E-state index in [1.165, 1.54) is 25.0 Å². The molecule has 0 aliphatic carbocycles. The van der Waals surface area contributed by atoms with Crippen molar-refractivity contribution in [3.8, 4) is 11.5 Å². The number of carbonyl (C=O) groups is 1. The number of aromatic hydroxyl groups is 1. The number of aromatic nitrogens is 1. The van der Waals surface area contributed by atoms with E-state index in [0.717, 1.165) is 44.6 Å². The first-order chi connectivity index (χ1) is 18.8. The standard InChI is InChI=1S/C30H38N4O5/c1-33-13-9-30(10-14-33)11-15-34(16-12-30)29(38)20-3-4-21(26(17-20)39-2)18-31-19-25(36)22-5-7-24(35)28-23(22)6-8-27(37)32-28/h3-8,17,25,31,35-36H,9-16,18-19H2,1-2H3,(H,32,37)/t25-/m0/s1. The number of ether oxygens (including phenoxy) is 1. The van der Waals surface area contributed by atoms with E-state index in [9.17, 15) is 19.8 Å². The molecule has 1 amide bonds. The van der Waals surface area contributed by atoms with E-state index >= 15 is 0 Å². The van der Waals surface area contributed by atoms with Crippen LogP contribution in [0, 0.1) is 5.41 Å². The lowest BCUT2D eigenvalue weighted by molar-refractivity contribution is 0.0352. The number of fused-ring (bicyclic) bond motifs is 1. The van der Waals surface area contributed by atoms with Crippen molar-refractivity contribution >= 4 is 16.8 Å². The molecule has 3 heterocycles. The Bertz CT molecular complexity index is 1390. The number of hydrogen-bond acceptors (Lipinski definition) is 7. The first-order valence-electron chi connectivity index (χ1n) is 13.7. The Kier molecular flexibility index (Phi) is 7.93. The number of pyridine rings is 1. The van der Waals surface area contributed by atoms with Crippen LogP contribution < -0.4 is 15.6 Å². The summed E-state index contributed by atoms with van der Waals surface area (Å²) in [5.74, 6) is 0.624. The lowest BCUT2D eigenvalue weighted by Crippen LogP contribution is -2.47. The summed E-state index contributed by atoms with van der Waals surface area (Å²) < 4.78 is 5.61. The van der Waals surface area contributed by atoms with Gasteiger partial charge in [-0.25, -0.2) is 0 Å². The number of likely N-dealkylation sites (tertiary alicyclic amines) is 2. The zero-order valence-electron chi connectivity index (χ0n) is 22.7. The number of piperidine rings is 2. The van der Waals surface area contributed by atoms with Crippen molar-refractivity contribution in [2.24, 2.45) is 5.41 Å². The maximum atomic E-state index is 13.3. The number of rotatable bonds is 7. The smallest absolute Gasteiger partial charge is 0.253 e. The van der Waals surface area contributed by atoms with Gasteiger partial charge in [0.05, 0.1) is 18.7 Å². The molecule has 5 rings (SSSR count). The van der Waals surface area contributed by atoms with Gasteiger partial charge in [0.25, 0.3) is 5.91 Å². The third kappa shape index (κ3) is 5.80. The molecular formula is C30H38N4O5.